The predicted molar refractivity (Wildman–Crippen MR) is 111 cm³/mol. The molecule has 152 valence electrons. The molecule has 1 aromatic heterocycles. The lowest BCUT2D eigenvalue weighted by atomic mass is 9.96. The van der Waals surface area contributed by atoms with Gasteiger partial charge in [-0.05, 0) is 51.2 Å². The Balaban J connectivity index is 1.31. The van der Waals surface area contributed by atoms with E-state index in [1.807, 2.05) is 11.3 Å². The van der Waals surface area contributed by atoms with Crippen LogP contribution in [0.1, 0.15) is 24.1 Å². The van der Waals surface area contributed by atoms with Crippen LogP contribution in [-0.4, -0.2) is 97.3 Å². The molecule has 0 amide bonds. The number of thiazole rings is 1. The van der Waals surface area contributed by atoms with Crippen LogP contribution in [0.2, 0.25) is 0 Å². The zero-order valence-electron chi connectivity index (χ0n) is 16.7. The van der Waals surface area contributed by atoms with Gasteiger partial charge in [-0.2, -0.15) is 0 Å². The number of nitrogens with zero attached hydrogens (tertiary/aromatic N) is 5. The van der Waals surface area contributed by atoms with Crippen molar-refractivity contribution in [2.45, 2.75) is 25.8 Å². The predicted octanol–water partition coefficient (Wildman–Crippen LogP) is 1.42. The fourth-order valence-electron chi connectivity index (χ4n) is 4.84. The van der Waals surface area contributed by atoms with Crippen LogP contribution in [0.15, 0.2) is 6.20 Å². The summed E-state index contributed by atoms with van der Waals surface area (Å²) in [5.41, 5.74) is 0. The van der Waals surface area contributed by atoms with Crippen LogP contribution in [-0.2, 0) is 6.54 Å². The molecule has 4 heterocycles. The van der Waals surface area contributed by atoms with E-state index in [1.54, 1.807) is 0 Å². The van der Waals surface area contributed by atoms with Crippen LogP contribution < -0.4 is 4.90 Å². The highest BCUT2D eigenvalue weighted by Gasteiger charge is 2.34. The SMILES string of the molecule is CN1CCCN(C[C@@H]2CN(Cc3cnc(N4CCCC4)s3)C[C@@H]2CO)CC1. The molecule has 27 heavy (non-hydrogen) atoms. The number of hydrogen-bond acceptors (Lipinski definition) is 7. The number of anilines is 1. The molecule has 0 bridgehead atoms. The number of aliphatic hydroxyl groups is 1. The molecule has 3 saturated heterocycles. The Hall–Kier alpha value is -0.730. The first kappa shape index (κ1) is 19.6. The summed E-state index contributed by atoms with van der Waals surface area (Å²) in [6.07, 6.45) is 5.93. The monoisotopic (exact) mass is 393 g/mol. The summed E-state index contributed by atoms with van der Waals surface area (Å²) in [5, 5.41) is 11.1. The fraction of sp³-hybridized carbons (Fsp3) is 0.850. The third-order valence-corrected chi connectivity index (χ3v) is 7.53. The molecule has 0 unspecified atom stereocenters. The Morgan fingerprint density at radius 3 is 2.63 bits per heavy atom. The molecular formula is C20H35N5OS. The van der Waals surface area contributed by atoms with E-state index in [0.717, 1.165) is 39.3 Å². The molecule has 0 saturated carbocycles. The van der Waals surface area contributed by atoms with Gasteiger partial charge in [0.2, 0.25) is 0 Å². The first-order valence-electron chi connectivity index (χ1n) is 10.6. The molecule has 7 heteroatoms. The van der Waals surface area contributed by atoms with Gasteiger partial charge in [0, 0.05) is 70.0 Å². The summed E-state index contributed by atoms with van der Waals surface area (Å²) in [7, 11) is 2.22. The van der Waals surface area contributed by atoms with E-state index in [-0.39, 0.29) is 0 Å². The minimum absolute atomic E-state index is 0.316. The second kappa shape index (κ2) is 9.18. The maximum absolute atomic E-state index is 9.93. The molecule has 0 radical (unpaired) electrons. The standard InChI is InChI=1S/C20H35N5OS/c1-22-5-4-6-23(10-9-22)12-17-13-24(14-18(17)16-26)15-19-11-21-20(27-19)25-7-2-3-8-25/h11,17-18,26H,2-10,12-16H2,1H3/t17-,18-/m1/s1. The van der Waals surface area contributed by atoms with Crippen molar-refractivity contribution in [3.05, 3.63) is 11.1 Å². The minimum atomic E-state index is 0.316. The van der Waals surface area contributed by atoms with Crippen molar-refractivity contribution in [2.24, 2.45) is 11.8 Å². The van der Waals surface area contributed by atoms with E-state index in [4.69, 9.17) is 0 Å². The lowest BCUT2D eigenvalue weighted by Gasteiger charge is -2.26. The topological polar surface area (TPSA) is 46.1 Å². The highest BCUT2D eigenvalue weighted by Crippen LogP contribution is 2.30. The van der Waals surface area contributed by atoms with Crippen LogP contribution in [0, 0.1) is 11.8 Å². The Kier molecular flexibility index (Phi) is 6.66. The van der Waals surface area contributed by atoms with Crippen molar-refractivity contribution in [1.82, 2.24) is 19.7 Å². The van der Waals surface area contributed by atoms with Crippen LogP contribution >= 0.6 is 11.3 Å². The van der Waals surface area contributed by atoms with Crippen LogP contribution in [0.3, 0.4) is 0 Å². The fourth-order valence-corrected chi connectivity index (χ4v) is 5.84. The number of aliphatic hydroxyl groups excluding tert-OH is 1. The zero-order chi connectivity index (χ0) is 18.6. The van der Waals surface area contributed by atoms with Gasteiger partial charge in [0.25, 0.3) is 0 Å². The Labute approximate surface area is 167 Å². The third kappa shape index (κ3) is 5.01. The highest BCUT2D eigenvalue weighted by molar-refractivity contribution is 7.15. The maximum Gasteiger partial charge on any atom is 0.185 e. The third-order valence-electron chi connectivity index (χ3n) is 6.49. The molecule has 0 aliphatic carbocycles. The molecule has 6 nitrogen and oxygen atoms in total. The molecule has 0 spiro atoms. The summed E-state index contributed by atoms with van der Waals surface area (Å²) >= 11 is 1.86. The summed E-state index contributed by atoms with van der Waals surface area (Å²) in [6, 6.07) is 0. The molecule has 2 atom stereocenters. The average Bonchev–Trinajstić information content (AvgIpc) is 3.38. The van der Waals surface area contributed by atoms with E-state index in [0.29, 0.717) is 18.4 Å². The number of likely N-dealkylation sites (tertiary alicyclic amines) is 1. The van der Waals surface area contributed by atoms with E-state index < -0.39 is 0 Å². The van der Waals surface area contributed by atoms with Gasteiger partial charge in [0.15, 0.2) is 5.13 Å². The van der Waals surface area contributed by atoms with Gasteiger partial charge >= 0.3 is 0 Å². The molecule has 1 aromatic rings. The Morgan fingerprint density at radius 2 is 1.81 bits per heavy atom. The summed E-state index contributed by atoms with van der Waals surface area (Å²) in [5.74, 6) is 1.00. The number of aromatic nitrogens is 1. The zero-order valence-corrected chi connectivity index (χ0v) is 17.5. The summed E-state index contributed by atoms with van der Waals surface area (Å²) in [4.78, 5) is 16.1. The maximum atomic E-state index is 9.93. The number of likely N-dealkylation sites (N-methyl/N-ethyl adjacent to an activating group) is 1. The molecular weight excluding hydrogens is 358 g/mol. The van der Waals surface area contributed by atoms with Crippen molar-refractivity contribution >= 4 is 16.5 Å². The smallest absolute Gasteiger partial charge is 0.185 e. The van der Waals surface area contributed by atoms with Gasteiger partial charge in [-0.3, -0.25) is 4.90 Å². The van der Waals surface area contributed by atoms with Crippen molar-refractivity contribution < 1.29 is 5.11 Å². The molecule has 4 rings (SSSR count). The Morgan fingerprint density at radius 1 is 1.00 bits per heavy atom. The second-order valence-corrected chi connectivity index (χ2v) is 9.75. The van der Waals surface area contributed by atoms with Crippen LogP contribution in [0.25, 0.3) is 0 Å². The minimum Gasteiger partial charge on any atom is -0.396 e. The number of rotatable bonds is 6. The normalized spacial score (nSPS) is 28.9. The summed E-state index contributed by atoms with van der Waals surface area (Å²) < 4.78 is 0. The van der Waals surface area contributed by atoms with Gasteiger partial charge in [0.1, 0.15) is 0 Å². The number of hydrogen-bond donors (Lipinski definition) is 1. The molecule has 1 N–H and O–H groups in total. The molecule has 3 fully saturated rings. The lowest BCUT2D eigenvalue weighted by Crippen LogP contribution is -2.36. The lowest BCUT2D eigenvalue weighted by molar-refractivity contribution is 0.165. The van der Waals surface area contributed by atoms with Crippen molar-refractivity contribution in [3.63, 3.8) is 0 Å². The van der Waals surface area contributed by atoms with Gasteiger partial charge in [-0.15, -0.1) is 11.3 Å². The van der Waals surface area contributed by atoms with Crippen molar-refractivity contribution in [1.29, 1.82) is 0 Å². The largest absolute Gasteiger partial charge is 0.396 e. The van der Waals surface area contributed by atoms with Gasteiger partial charge in [-0.1, -0.05) is 0 Å². The Bertz CT molecular complexity index is 591. The van der Waals surface area contributed by atoms with Crippen LogP contribution in [0.4, 0.5) is 5.13 Å². The van der Waals surface area contributed by atoms with Gasteiger partial charge < -0.3 is 19.8 Å². The highest BCUT2D eigenvalue weighted by atomic mass is 32.1. The molecule has 3 aliphatic rings. The van der Waals surface area contributed by atoms with Crippen LogP contribution in [0.5, 0.6) is 0 Å². The van der Waals surface area contributed by atoms with Gasteiger partial charge in [0.05, 0.1) is 0 Å². The van der Waals surface area contributed by atoms with E-state index in [1.165, 1.54) is 55.5 Å². The first-order chi connectivity index (χ1) is 13.2. The first-order valence-corrected chi connectivity index (χ1v) is 11.5. The molecule has 3 aliphatic heterocycles. The second-order valence-electron chi connectivity index (χ2n) is 8.66. The van der Waals surface area contributed by atoms with E-state index in [9.17, 15) is 5.11 Å². The van der Waals surface area contributed by atoms with E-state index in [2.05, 4.69) is 37.8 Å². The van der Waals surface area contributed by atoms with Crippen molar-refractivity contribution in [2.75, 3.05) is 77.5 Å². The quantitative estimate of drug-likeness (QED) is 0.789. The molecule has 0 aromatic carbocycles. The van der Waals surface area contributed by atoms with Crippen molar-refractivity contribution in [3.8, 4) is 0 Å². The van der Waals surface area contributed by atoms with E-state index >= 15 is 0 Å². The average molecular weight is 394 g/mol. The van der Waals surface area contributed by atoms with Gasteiger partial charge in [-0.25, -0.2) is 4.98 Å². The summed E-state index contributed by atoms with van der Waals surface area (Å²) in [6.45, 7) is 11.6.